The summed E-state index contributed by atoms with van der Waals surface area (Å²) < 4.78 is 2.04. The highest BCUT2D eigenvalue weighted by molar-refractivity contribution is 5.89. The van der Waals surface area contributed by atoms with Crippen LogP contribution in [0.25, 0.3) is 23.2 Å². The molecule has 0 N–H and O–H groups in total. The molecule has 88 valence electrons. The minimum Gasteiger partial charge on any atom is -0.336 e. The molecule has 0 amide bonds. The Labute approximate surface area is 106 Å². The maximum absolute atomic E-state index is 4.39. The fourth-order valence-corrected chi connectivity index (χ4v) is 2.08. The second-order valence-electron chi connectivity index (χ2n) is 4.31. The molecular weight excluding hydrogens is 220 g/mol. The molecule has 0 unspecified atom stereocenters. The summed E-state index contributed by atoms with van der Waals surface area (Å²) in [5, 5.41) is 1.19. The van der Waals surface area contributed by atoms with E-state index in [1.54, 1.807) is 0 Å². The first-order valence-corrected chi connectivity index (χ1v) is 5.98. The molecule has 0 fully saturated rings. The van der Waals surface area contributed by atoms with Crippen LogP contribution in [0.3, 0.4) is 0 Å². The van der Waals surface area contributed by atoms with Gasteiger partial charge in [0.2, 0.25) is 0 Å². The molecule has 0 aliphatic heterocycles. The van der Waals surface area contributed by atoms with E-state index in [1.807, 2.05) is 48.3 Å². The minimum atomic E-state index is 1.02. The molecule has 0 radical (unpaired) electrons. The minimum absolute atomic E-state index is 1.02. The topological polar surface area (TPSA) is 17.8 Å². The molecule has 2 heteroatoms. The summed E-state index contributed by atoms with van der Waals surface area (Å²) in [5.41, 5.74) is 3.42. The highest BCUT2D eigenvalue weighted by Gasteiger charge is 2.01. The molecule has 1 aromatic carbocycles. The van der Waals surface area contributed by atoms with E-state index in [-0.39, 0.29) is 0 Å². The van der Waals surface area contributed by atoms with E-state index >= 15 is 0 Å². The van der Waals surface area contributed by atoms with Gasteiger partial charge in [0.25, 0.3) is 0 Å². The zero-order valence-corrected chi connectivity index (χ0v) is 10.2. The Morgan fingerprint density at radius 2 is 1.83 bits per heavy atom. The number of fused-ring (bicyclic) bond motifs is 1. The van der Waals surface area contributed by atoms with Crippen molar-refractivity contribution in [3.05, 3.63) is 66.0 Å². The van der Waals surface area contributed by atoms with Crippen molar-refractivity contribution in [2.24, 2.45) is 7.05 Å². The highest BCUT2D eigenvalue weighted by atomic mass is 15.0. The summed E-state index contributed by atoms with van der Waals surface area (Å²) in [6.45, 7) is 0. The van der Waals surface area contributed by atoms with Crippen molar-refractivity contribution in [3.63, 3.8) is 0 Å². The molecule has 2 aromatic heterocycles. The Balaban J connectivity index is 2.03. The van der Waals surface area contributed by atoms with Crippen LogP contribution in [-0.4, -0.2) is 9.55 Å². The first kappa shape index (κ1) is 10.8. The molecule has 18 heavy (non-hydrogen) atoms. The van der Waals surface area contributed by atoms with Crippen LogP contribution in [-0.2, 0) is 7.05 Å². The van der Waals surface area contributed by atoms with Gasteiger partial charge in [-0.2, -0.15) is 0 Å². The Hall–Kier alpha value is -2.35. The van der Waals surface area contributed by atoms with Gasteiger partial charge in [-0.1, -0.05) is 42.5 Å². The third-order valence-corrected chi connectivity index (χ3v) is 3.06. The normalized spacial score (nSPS) is 11.4. The number of hydrogen-bond donors (Lipinski definition) is 0. The SMILES string of the molecule is Cn1ccc2c(/C=C/c3ccccc3)ccnc21. The lowest BCUT2D eigenvalue weighted by Crippen LogP contribution is -1.87. The zero-order chi connectivity index (χ0) is 12.4. The third-order valence-electron chi connectivity index (χ3n) is 3.06. The van der Waals surface area contributed by atoms with Crippen molar-refractivity contribution >= 4 is 23.2 Å². The first-order chi connectivity index (χ1) is 8.84. The summed E-state index contributed by atoms with van der Waals surface area (Å²) >= 11 is 0. The Morgan fingerprint density at radius 1 is 1.00 bits per heavy atom. The first-order valence-electron chi connectivity index (χ1n) is 5.98. The van der Waals surface area contributed by atoms with Crippen molar-refractivity contribution in [2.75, 3.05) is 0 Å². The predicted octanol–water partition coefficient (Wildman–Crippen LogP) is 3.74. The van der Waals surface area contributed by atoms with Crippen LogP contribution in [0, 0.1) is 0 Å². The lowest BCUT2D eigenvalue weighted by atomic mass is 10.1. The molecule has 0 saturated carbocycles. The average molecular weight is 234 g/mol. The predicted molar refractivity (Wildman–Crippen MR) is 76.1 cm³/mol. The van der Waals surface area contributed by atoms with Crippen molar-refractivity contribution in [2.45, 2.75) is 0 Å². The number of pyridine rings is 1. The Kier molecular flexibility index (Phi) is 2.69. The van der Waals surface area contributed by atoms with E-state index in [4.69, 9.17) is 0 Å². The molecule has 3 aromatic rings. The van der Waals surface area contributed by atoms with Crippen molar-refractivity contribution in [1.82, 2.24) is 9.55 Å². The highest BCUT2D eigenvalue weighted by Crippen LogP contribution is 2.19. The molecule has 0 saturated heterocycles. The lowest BCUT2D eigenvalue weighted by Gasteiger charge is -1.98. The third kappa shape index (κ3) is 1.93. The summed E-state index contributed by atoms with van der Waals surface area (Å²) in [5.74, 6) is 0. The molecule has 0 bridgehead atoms. The number of benzene rings is 1. The van der Waals surface area contributed by atoms with Gasteiger partial charge in [0.15, 0.2) is 0 Å². The summed E-state index contributed by atoms with van der Waals surface area (Å²) in [7, 11) is 2.01. The monoisotopic (exact) mass is 234 g/mol. The van der Waals surface area contributed by atoms with Crippen molar-refractivity contribution in [3.8, 4) is 0 Å². The number of rotatable bonds is 2. The molecule has 2 nitrogen and oxygen atoms in total. The largest absolute Gasteiger partial charge is 0.336 e. The van der Waals surface area contributed by atoms with Crippen LogP contribution < -0.4 is 0 Å². The van der Waals surface area contributed by atoms with Gasteiger partial charge in [-0.25, -0.2) is 4.98 Å². The van der Waals surface area contributed by atoms with Crippen LogP contribution >= 0.6 is 0 Å². The quantitative estimate of drug-likeness (QED) is 0.660. The van der Waals surface area contributed by atoms with E-state index in [2.05, 4.69) is 35.3 Å². The smallest absolute Gasteiger partial charge is 0.140 e. The van der Waals surface area contributed by atoms with E-state index in [9.17, 15) is 0 Å². The Bertz CT molecular complexity index is 693. The van der Waals surface area contributed by atoms with E-state index in [1.165, 1.54) is 16.5 Å². The molecule has 2 heterocycles. The van der Waals surface area contributed by atoms with E-state index in [0.29, 0.717) is 0 Å². The van der Waals surface area contributed by atoms with Gasteiger partial charge in [-0.3, -0.25) is 0 Å². The van der Waals surface area contributed by atoms with Crippen LogP contribution in [0.15, 0.2) is 54.9 Å². The van der Waals surface area contributed by atoms with Gasteiger partial charge in [-0.15, -0.1) is 0 Å². The number of hydrogen-bond acceptors (Lipinski definition) is 1. The number of aryl methyl sites for hydroxylation is 1. The van der Waals surface area contributed by atoms with Gasteiger partial charge < -0.3 is 4.57 Å². The Morgan fingerprint density at radius 3 is 2.67 bits per heavy atom. The fourth-order valence-electron chi connectivity index (χ4n) is 2.08. The average Bonchev–Trinajstić information content (AvgIpc) is 2.80. The van der Waals surface area contributed by atoms with Crippen LogP contribution in [0.5, 0.6) is 0 Å². The zero-order valence-electron chi connectivity index (χ0n) is 10.2. The molecule has 0 aliphatic carbocycles. The van der Waals surface area contributed by atoms with Crippen molar-refractivity contribution in [1.29, 1.82) is 0 Å². The summed E-state index contributed by atoms with van der Waals surface area (Å²) in [4.78, 5) is 4.39. The van der Waals surface area contributed by atoms with Crippen LogP contribution in [0.2, 0.25) is 0 Å². The van der Waals surface area contributed by atoms with E-state index < -0.39 is 0 Å². The fraction of sp³-hybridized carbons (Fsp3) is 0.0625. The summed E-state index contributed by atoms with van der Waals surface area (Å²) in [6.07, 6.45) is 8.16. The second-order valence-corrected chi connectivity index (χ2v) is 4.31. The summed E-state index contributed by atoms with van der Waals surface area (Å²) in [6, 6.07) is 14.5. The van der Waals surface area contributed by atoms with Gasteiger partial charge in [0.1, 0.15) is 5.65 Å². The van der Waals surface area contributed by atoms with Gasteiger partial charge in [0.05, 0.1) is 0 Å². The van der Waals surface area contributed by atoms with E-state index in [0.717, 1.165) is 5.65 Å². The lowest BCUT2D eigenvalue weighted by molar-refractivity contribution is 0.948. The number of nitrogens with zero attached hydrogens (tertiary/aromatic N) is 2. The maximum Gasteiger partial charge on any atom is 0.140 e. The molecule has 0 atom stereocenters. The van der Waals surface area contributed by atoms with Gasteiger partial charge in [-0.05, 0) is 23.3 Å². The second kappa shape index (κ2) is 4.49. The molecule has 0 aliphatic rings. The van der Waals surface area contributed by atoms with Gasteiger partial charge in [0, 0.05) is 24.8 Å². The van der Waals surface area contributed by atoms with Gasteiger partial charge >= 0.3 is 0 Å². The number of aromatic nitrogens is 2. The maximum atomic E-state index is 4.39. The molecular formula is C16H14N2. The van der Waals surface area contributed by atoms with Crippen LogP contribution in [0.1, 0.15) is 11.1 Å². The van der Waals surface area contributed by atoms with Crippen molar-refractivity contribution < 1.29 is 0 Å². The van der Waals surface area contributed by atoms with Crippen LogP contribution in [0.4, 0.5) is 0 Å². The molecule has 3 rings (SSSR count). The molecule has 0 spiro atoms. The standard InChI is InChI=1S/C16H14N2/c1-18-12-10-15-14(9-11-17-16(15)18)8-7-13-5-3-2-4-6-13/h2-12H,1H3/b8-7+.